The van der Waals surface area contributed by atoms with Gasteiger partial charge in [-0.1, -0.05) is 0 Å². The Balaban J connectivity index is 1.49. The van der Waals surface area contributed by atoms with Crippen molar-refractivity contribution >= 4 is 5.91 Å². The lowest BCUT2D eigenvalue weighted by Crippen LogP contribution is -2.44. The highest BCUT2D eigenvalue weighted by molar-refractivity contribution is 5.75. The zero-order valence-corrected chi connectivity index (χ0v) is 11.3. The summed E-state index contributed by atoms with van der Waals surface area (Å²) >= 11 is 0. The zero-order chi connectivity index (χ0) is 13.3. The Morgan fingerprint density at radius 3 is 2.89 bits per heavy atom. The van der Waals surface area contributed by atoms with Gasteiger partial charge in [0.05, 0.1) is 6.33 Å². The first-order chi connectivity index (χ1) is 9.34. The highest BCUT2D eigenvalue weighted by Crippen LogP contribution is 1.94. The van der Waals surface area contributed by atoms with Gasteiger partial charge in [-0.15, -0.1) is 0 Å². The van der Waals surface area contributed by atoms with Crippen LogP contribution >= 0.6 is 0 Å². The van der Waals surface area contributed by atoms with E-state index >= 15 is 0 Å². The van der Waals surface area contributed by atoms with Gasteiger partial charge in [-0.05, 0) is 13.0 Å². The van der Waals surface area contributed by atoms with Gasteiger partial charge in [0.1, 0.15) is 0 Å². The maximum atomic E-state index is 11.6. The lowest BCUT2D eigenvalue weighted by Gasteiger charge is -2.27. The summed E-state index contributed by atoms with van der Waals surface area (Å²) in [6.45, 7) is 6.94. The molecule has 2 N–H and O–H groups in total. The van der Waals surface area contributed by atoms with E-state index in [0.29, 0.717) is 13.0 Å². The third-order valence-corrected chi connectivity index (χ3v) is 3.34. The molecule has 0 radical (unpaired) electrons. The van der Waals surface area contributed by atoms with E-state index in [2.05, 4.69) is 20.5 Å². The molecule has 1 saturated heterocycles. The average Bonchev–Trinajstić information content (AvgIpc) is 2.96. The lowest BCUT2D eigenvalue weighted by atomic mass is 10.3. The van der Waals surface area contributed by atoms with Crippen molar-refractivity contribution in [3.63, 3.8) is 0 Å². The Morgan fingerprint density at radius 1 is 1.32 bits per heavy atom. The van der Waals surface area contributed by atoms with Gasteiger partial charge >= 0.3 is 0 Å². The van der Waals surface area contributed by atoms with Crippen LogP contribution in [0.5, 0.6) is 0 Å². The molecule has 0 aliphatic carbocycles. The molecular formula is C13H23N5O. The number of imidazole rings is 1. The Kier molecular flexibility index (Phi) is 5.84. The predicted molar refractivity (Wildman–Crippen MR) is 73.8 cm³/mol. The molecule has 0 unspecified atom stereocenters. The van der Waals surface area contributed by atoms with Crippen molar-refractivity contribution in [1.82, 2.24) is 25.1 Å². The molecule has 1 aromatic heterocycles. The summed E-state index contributed by atoms with van der Waals surface area (Å²) in [6, 6.07) is 0. The molecule has 106 valence electrons. The van der Waals surface area contributed by atoms with Crippen LogP contribution in [-0.2, 0) is 11.3 Å². The summed E-state index contributed by atoms with van der Waals surface area (Å²) in [7, 11) is 0. The maximum absolute atomic E-state index is 11.6. The van der Waals surface area contributed by atoms with Crippen LogP contribution in [0, 0.1) is 0 Å². The van der Waals surface area contributed by atoms with Crippen LogP contribution in [0.3, 0.4) is 0 Å². The van der Waals surface area contributed by atoms with E-state index in [-0.39, 0.29) is 5.91 Å². The first-order valence-electron chi connectivity index (χ1n) is 7.00. The largest absolute Gasteiger partial charge is 0.356 e. The second kappa shape index (κ2) is 7.91. The number of nitrogens with one attached hydrogen (secondary N) is 2. The summed E-state index contributed by atoms with van der Waals surface area (Å²) in [4.78, 5) is 18.0. The Labute approximate surface area is 114 Å². The topological polar surface area (TPSA) is 62.2 Å². The molecule has 0 saturated carbocycles. The minimum absolute atomic E-state index is 0.119. The molecule has 1 fully saturated rings. The number of aryl methyl sites for hydroxylation is 1. The van der Waals surface area contributed by atoms with Gasteiger partial charge < -0.3 is 20.1 Å². The van der Waals surface area contributed by atoms with Crippen molar-refractivity contribution in [2.75, 3.05) is 39.3 Å². The second-order valence-corrected chi connectivity index (χ2v) is 4.85. The van der Waals surface area contributed by atoms with Gasteiger partial charge in [0.25, 0.3) is 0 Å². The zero-order valence-electron chi connectivity index (χ0n) is 11.3. The van der Waals surface area contributed by atoms with Gasteiger partial charge in [0.15, 0.2) is 0 Å². The fourth-order valence-electron chi connectivity index (χ4n) is 2.20. The molecule has 2 heterocycles. The first-order valence-corrected chi connectivity index (χ1v) is 7.00. The summed E-state index contributed by atoms with van der Waals surface area (Å²) < 4.78 is 1.92. The minimum atomic E-state index is 0.119. The molecule has 0 spiro atoms. The third-order valence-electron chi connectivity index (χ3n) is 3.34. The van der Waals surface area contributed by atoms with Gasteiger partial charge in [-0.3, -0.25) is 4.79 Å². The number of hydrogen-bond donors (Lipinski definition) is 2. The monoisotopic (exact) mass is 265 g/mol. The number of aromatic nitrogens is 2. The Morgan fingerprint density at radius 2 is 2.16 bits per heavy atom. The predicted octanol–water partition coefficient (Wildman–Crippen LogP) is -0.315. The van der Waals surface area contributed by atoms with Crippen molar-refractivity contribution < 1.29 is 4.79 Å². The van der Waals surface area contributed by atoms with E-state index in [4.69, 9.17) is 0 Å². The van der Waals surface area contributed by atoms with Crippen LogP contribution in [0.4, 0.5) is 0 Å². The molecule has 2 rings (SSSR count). The number of piperazine rings is 1. The Bertz CT molecular complexity index is 359. The highest BCUT2D eigenvalue weighted by Gasteiger charge is 2.08. The number of amides is 1. The normalized spacial score (nSPS) is 16.4. The molecule has 19 heavy (non-hydrogen) atoms. The number of carbonyl (C=O) groups is 1. The SMILES string of the molecule is O=C(CCn1ccnc1)NCCCN1CCNCC1. The summed E-state index contributed by atoms with van der Waals surface area (Å²) in [6.07, 6.45) is 6.88. The van der Waals surface area contributed by atoms with Crippen LogP contribution in [0.15, 0.2) is 18.7 Å². The maximum Gasteiger partial charge on any atom is 0.221 e. The van der Waals surface area contributed by atoms with Crippen molar-refractivity contribution in [1.29, 1.82) is 0 Å². The van der Waals surface area contributed by atoms with E-state index in [0.717, 1.165) is 45.7 Å². The van der Waals surface area contributed by atoms with Crippen LogP contribution in [0.25, 0.3) is 0 Å². The number of carbonyl (C=O) groups excluding carboxylic acids is 1. The quantitative estimate of drug-likeness (QED) is 0.664. The van der Waals surface area contributed by atoms with E-state index in [9.17, 15) is 4.79 Å². The summed E-state index contributed by atoms with van der Waals surface area (Å²) in [5.74, 6) is 0.119. The van der Waals surface area contributed by atoms with Gasteiger partial charge in [0.2, 0.25) is 5.91 Å². The molecule has 1 amide bonds. The Hall–Kier alpha value is -1.40. The molecule has 1 aliphatic heterocycles. The molecule has 1 aliphatic rings. The smallest absolute Gasteiger partial charge is 0.221 e. The highest BCUT2D eigenvalue weighted by atomic mass is 16.1. The first kappa shape index (κ1) is 14.0. The molecule has 6 heteroatoms. The van der Waals surface area contributed by atoms with Crippen LogP contribution < -0.4 is 10.6 Å². The van der Waals surface area contributed by atoms with Crippen molar-refractivity contribution in [3.8, 4) is 0 Å². The van der Waals surface area contributed by atoms with E-state index in [1.54, 1.807) is 12.5 Å². The van der Waals surface area contributed by atoms with Crippen LogP contribution in [0.2, 0.25) is 0 Å². The van der Waals surface area contributed by atoms with E-state index in [1.165, 1.54) is 0 Å². The van der Waals surface area contributed by atoms with Crippen LogP contribution in [-0.4, -0.2) is 59.6 Å². The molecule has 1 aromatic rings. The van der Waals surface area contributed by atoms with Crippen molar-refractivity contribution in [2.45, 2.75) is 19.4 Å². The third kappa shape index (κ3) is 5.40. The fourth-order valence-corrected chi connectivity index (χ4v) is 2.20. The van der Waals surface area contributed by atoms with Crippen molar-refractivity contribution in [3.05, 3.63) is 18.7 Å². The van der Waals surface area contributed by atoms with E-state index in [1.807, 2.05) is 10.8 Å². The van der Waals surface area contributed by atoms with Gasteiger partial charge in [-0.2, -0.15) is 0 Å². The van der Waals surface area contributed by atoms with Crippen LogP contribution in [0.1, 0.15) is 12.8 Å². The van der Waals surface area contributed by atoms with Crippen molar-refractivity contribution in [2.24, 2.45) is 0 Å². The van der Waals surface area contributed by atoms with E-state index < -0.39 is 0 Å². The number of hydrogen-bond acceptors (Lipinski definition) is 4. The second-order valence-electron chi connectivity index (χ2n) is 4.85. The lowest BCUT2D eigenvalue weighted by molar-refractivity contribution is -0.121. The molecule has 0 aromatic carbocycles. The minimum Gasteiger partial charge on any atom is -0.356 e. The summed E-state index contributed by atoms with van der Waals surface area (Å²) in [5.41, 5.74) is 0. The summed E-state index contributed by atoms with van der Waals surface area (Å²) in [5, 5.41) is 6.30. The fraction of sp³-hybridized carbons (Fsp3) is 0.692. The molecule has 0 atom stereocenters. The number of rotatable bonds is 7. The number of nitrogens with zero attached hydrogens (tertiary/aromatic N) is 3. The molecule has 0 bridgehead atoms. The standard InChI is InChI=1S/C13H23N5O/c19-13(2-8-18-11-6-15-12-18)16-3-1-7-17-9-4-14-5-10-17/h6,11-12,14H,1-5,7-10H2,(H,16,19). The van der Waals surface area contributed by atoms with Gasteiger partial charge in [-0.25, -0.2) is 4.98 Å². The molecule has 6 nitrogen and oxygen atoms in total. The average molecular weight is 265 g/mol. The molecular weight excluding hydrogens is 242 g/mol. The van der Waals surface area contributed by atoms with Gasteiger partial charge in [0, 0.05) is 58.1 Å².